The maximum Gasteiger partial charge on any atom is 0.419 e. The molecule has 7 heteroatoms. The molecular weight excluding hydrogens is 285 g/mol. The number of nitrogens with zero attached hydrogens (tertiary/aromatic N) is 2. The fourth-order valence-electron chi connectivity index (χ4n) is 2.48. The van der Waals surface area contributed by atoms with Crippen molar-refractivity contribution in [3.63, 3.8) is 0 Å². The van der Waals surface area contributed by atoms with Crippen molar-refractivity contribution >= 4 is 11.6 Å². The number of aromatic carboxylic acids is 1. The van der Waals surface area contributed by atoms with Crippen molar-refractivity contribution in [1.82, 2.24) is 9.38 Å². The van der Waals surface area contributed by atoms with Crippen molar-refractivity contribution in [3.05, 3.63) is 35.3 Å². The van der Waals surface area contributed by atoms with Crippen LogP contribution in [0.1, 0.15) is 54.4 Å². The number of imidazole rings is 1. The van der Waals surface area contributed by atoms with Gasteiger partial charge in [0.25, 0.3) is 0 Å². The van der Waals surface area contributed by atoms with E-state index in [1.807, 2.05) is 13.8 Å². The highest BCUT2D eigenvalue weighted by Gasteiger charge is 2.35. The zero-order chi connectivity index (χ0) is 15.8. The summed E-state index contributed by atoms with van der Waals surface area (Å²) in [6.45, 7) is 3.71. The lowest BCUT2D eigenvalue weighted by Crippen LogP contribution is -2.10. The van der Waals surface area contributed by atoms with Gasteiger partial charge in [0.2, 0.25) is 0 Å². The van der Waals surface area contributed by atoms with E-state index in [2.05, 4.69) is 4.98 Å². The number of fused-ring (bicyclic) bond motifs is 1. The lowest BCUT2D eigenvalue weighted by Gasteiger charge is -2.09. The topological polar surface area (TPSA) is 54.6 Å². The quantitative estimate of drug-likeness (QED) is 0.930. The summed E-state index contributed by atoms with van der Waals surface area (Å²) in [5, 5.41) is 9.34. The molecule has 0 unspecified atom stereocenters. The van der Waals surface area contributed by atoms with Crippen LogP contribution in [0.3, 0.4) is 0 Å². The van der Waals surface area contributed by atoms with E-state index in [1.165, 1.54) is 12.3 Å². The minimum Gasteiger partial charge on any atom is -0.477 e. The first kappa shape index (κ1) is 15.3. The predicted octanol–water partition coefficient (Wildman–Crippen LogP) is 3.95. The summed E-state index contributed by atoms with van der Waals surface area (Å²) in [6.07, 6.45) is -2.05. The van der Waals surface area contributed by atoms with Crippen LogP contribution in [0.25, 0.3) is 5.65 Å². The number of rotatable bonds is 4. The van der Waals surface area contributed by atoms with Crippen molar-refractivity contribution in [3.8, 4) is 0 Å². The van der Waals surface area contributed by atoms with Crippen molar-refractivity contribution in [1.29, 1.82) is 0 Å². The van der Waals surface area contributed by atoms with Gasteiger partial charge >= 0.3 is 12.1 Å². The number of carbonyl (C=O) groups is 1. The maximum absolute atomic E-state index is 13.0. The summed E-state index contributed by atoms with van der Waals surface area (Å²) in [5.41, 5.74) is -1.26. The van der Waals surface area contributed by atoms with Gasteiger partial charge < -0.3 is 5.11 Å². The van der Waals surface area contributed by atoms with E-state index in [-0.39, 0.29) is 23.0 Å². The Morgan fingerprint density at radius 3 is 2.48 bits per heavy atom. The summed E-state index contributed by atoms with van der Waals surface area (Å²) in [6, 6.07) is 2.09. The highest BCUT2D eigenvalue weighted by atomic mass is 19.4. The number of carboxylic acids is 1. The molecule has 0 atom stereocenters. The van der Waals surface area contributed by atoms with Crippen LogP contribution in [-0.2, 0) is 6.18 Å². The summed E-state index contributed by atoms with van der Waals surface area (Å²) in [4.78, 5) is 15.5. The standard InChI is InChI=1S/C14H15F3N2O2/c1-3-8(4-2)10-11(13(20)21)19-7-5-6-9(12(19)18-10)14(15,16)17/h5-8H,3-4H2,1-2H3,(H,20,21). The van der Waals surface area contributed by atoms with E-state index < -0.39 is 17.7 Å². The van der Waals surface area contributed by atoms with Gasteiger partial charge in [-0.2, -0.15) is 13.2 Å². The number of pyridine rings is 1. The Morgan fingerprint density at radius 2 is 2.00 bits per heavy atom. The molecule has 0 saturated heterocycles. The second kappa shape index (κ2) is 5.38. The number of alkyl halides is 3. The molecule has 1 N–H and O–H groups in total. The SMILES string of the molecule is CCC(CC)c1nc2c(C(F)(F)F)cccn2c1C(=O)O. The predicted molar refractivity (Wildman–Crippen MR) is 70.5 cm³/mol. The third-order valence-corrected chi connectivity index (χ3v) is 3.56. The molecule has 2 heterocycles. The summed E-state index contributed by atoms with van der Waals surface area (Å²) < 4.78 is 40.1. The Morgan fingerprint density at radius 1 is 1.38 bits per heavy atom. The van der Waals surface area contributed by atoms with Gasteiger partial charge in [-0.05, 0) is 25.0 Å². The smallest absolute Gasteiger partial charge is 0.419 e. The van der Waals surface area contributed by atoms with E-state index in [9.17, 15) is 23.1 Å². The van der Waals surface area contributed by atoms with Crippen LogP contribution in [0.5, 0.6) is 0 Å². The maximum atomic E-state index is 13.0. The molecular formula is C14H15F3N2O2. The van der Waals surface area contributed by atoms with Crippen LogP contribution in [0, 0.1) is 0 Å². The van der Waals surface area contributed by atoms with E-state index >= 15 is 0 Å². The minimum absolute atomic E-state index is 0.183. The average Bonchev–Trinajstić information content (AvgIpc) is 2.77. The van der Waals surface area contributed by atoms with Crippen LogP contribution in [0.2, 0.25) is 0 Å². The molecule has 2 aromatic heterocycles. The number of aromatic nitrogens is 2. The van der Waals surface area contributed by atoms with Crippen LogP contribution in [0.4, 0.5) is 13.2 Å². The first-order chi connectivity index (χ1) is 9.81. The highest BCUT2D eigenvalue weighted by Crippen LogP contribution is 2.34. The van der Waals surface area contributed by atoms with Gasteiger partial charge in [0.15, 0.2) is 5.69 Å². The number of carboxylic acid groups (broad SMARTS) is 1. The Kier molecular flexibility index (Phi) is 3.93. The molecule has 0 aliphatic rings. The van der Waals surface area contributed by atoms with Crippen LogP contribution in [0.15, 0.2) is 18.3 Å². The molecule has 0 spiro atoms. The lowest BCUT2D eigenvalue weighted by molar-refractivity contribution is -0.136. The minimum atomic E-state index is -4.57. The second-order valence-electron chi connectivity index (χ2n) is 4.78. The fourth-order valence-corrected chi connectivity index (χ4v) is 2.48. The molecule has 0 radical (unpaired) electrons. The molecule has 0 fully saturated rings. The van der Waals surface area contributed by atoms with Crippen molar-refractivity contribution < 1.29 is 23.1 Å². The summed E-state index contributed by atoms with van der Waals surface area (Å²) >= 11 is 0. The number of hydrogen-bond acceptors (Lipinski definition) is 2. The molecule has 114 valence electrons. The molecule has 0 saturated carbocycles. The largest absolute Gasteiger partial charge is 0.477 e. The third-order valence-electron chi connectivity index (χ3n) is 3.56. The lowest BCUT2D eigenvalue weighted by atomic mass is 9.98. The van der Waals surface area contributed by atoms with Crippen LogP contribution < -0.4 is 0 Å². The van der Waals surface area contributed by atoms with Crippen molar-refractivity contribution in [2.45, 2.75) is 38.8 Å². The van der Waals surface area contributed by atoms with Gasteiger partial charge in [-0.15, -0.1) is 0 Å². The first-order valence-corrected chi connectivity index (χ1v) is 6.62. The van der Waals surface area contributed by atoms with E-state index in [0.29, 0.717) is 12.8 Å². The van der Waals surface area contributed by atoms with Gasteiger partial charge in [-0.1, -0.05) is 13.8 Å². The number of halogens is 3. The fraction of sp³-hybridized carbons (Fsp3) is 0.429. The van der Waals surface area contributed by atoms with Gasteiger partial charge in [0.05, 0.1) is 11.3 Å². The number of hydrogen-bond donors (Lipinski definition) is 1. The molecule has 2 aromatic rings. The summed E-state index contributed by atoms with van der Waals surface area (Å²) in [7, 11) is 0. The van der Waals surface area contributed by atoms with E-state index in [0.717, 1.165) is 10.5 Å². The zero-order valence-corrected chi connectivity index (χ0v) is 11.6. The van der Waals surface area contributed by atoms with Gasteiger partial charge in [0.1, 0.15) is 5.65 Å². The molecule has 0 aromatic carbocycles. The first-order valence-electron chi connectivity index (χ1n) is 6.62. The Hall–Kier alpha value is -2.05. The molecule has 2 rings (SSSR count). The zero-order valence-electron chi connectivity index (χ0n) is 11.6. The Bertz CT molecular complexity index is 673. The van der Waals surface area contributed by atoms with Crippen molar-refractivity contribution in [2.24, 2.45) is 0 Å². The molecule has 21 heavy (non-hydrogen) atoms. The molecule has 0 aliphatic heterocycles. The normalized spacial score (nSPS) is 12.3. The van der Waals surface area contributed by atoms with Gasteiger partial charge in [0, 0.05) is 12.1 Å². The van der Waals surface area contributed by atoms with Crippen LogP contribution in [-0.4, -0.2) is 20.5 Å². The van der Waals surface area contributed by atoms with E-state index in [1.54, 1.807) is 0 Å². The highest BCUT2D eigenvalue weighted by molar-refractivity contribution is 5.89. The van der Waals surface area contributed by atoms with Gasteiger partial charge in [-0.25, -0.2) is 9.78 Å². The monoisotopic (exact) mass is 300 g/mol. The third kappa shape index (κ3) is 2.59. The molecule has 4 nitrogen and oxygen atoms in total. The molecule has 0 bridgehead atoms. The van der Waals surface area contributed by atoms with Crippen LogP contribution >= 0.6 is 0 Å². The molecule has 0 aliphatic carbocycles. The average molecular weight is 300 g/mol. The van der Waals surface area contributed by atoms with E-state index in [4.69, 9.17) is 0 Å². The molecule has 0 amide bonds. The summed E-state index contributed by atoms with van der Waals surface area (Å²) in [5.74, 6) is -1.46. The Labute approximate surface area is 119 Å². The van der Waals surface area contributed by atoms with Crippen molar-refractivity contribution in [2.75, 3.05) is 0 Å². The van der Waals surface area contributed by atoms with Gasteiger partial charge in [-0.3, -0.25) is 4.40 Å². The Balaban J connectivity index is 2.82. The second-order valence-corrected chi connectivity index (χ2v) is 4.78.